The summed E-state index contributed by atoms with van der Waals surface area (Å²) in [4.78, 5) is 2.63. The molecule has 148 valence electrons. The molecule has 2 heterocycles. The Balaban J connectivity index is 1.70. The predicted octanol–water partition coefficient (Wildman–Crippen LogP) is 2.17. The molecule has 3 rings (SSSR count). The lowest BCUT2D eigenvalue weighted by Crippen LogP contribution is -2.48. The normalized spacial score (nSPS) is 21.0. The minimum atomic E-state index is -3.67. The molecule has 27 heavy (non-hydrogen) atoms. The van der Waals surface area contributed by atoms with Crippen molar-refractivity contribution in [2.75, 3.05) is 38.5 Å². The van der Waals surface area contributed by atoms with Gasteiger partial charge in [0, 0.05) is 24.8 Å². The van der Waals surface area contributed by atoms with Crippen LogP contribution in [0.2, 0.25) is 0 Å². The molecule has 6 nitrogen and oxygen atoms in total. The van der Waals surface area contributed by atoms with E-state index in [-0.39, 0.29) is 17.3 Å². The van der Waals surface area contributed by atoms with E-state index in [1.165, 1.54) is 18.9 Å². The first-order valence-corrected chi connectivity index (χ1v) is 11.1. The minimum Gasteiger partial charge on any atom is -0.480 e. The molecule has 0 atom stereocenters. The standard InChI is InChI=1S/C20H29N3O3S/c1-3-14-26-19-5-4-17(21)15-20(19)27(24,25)23-12-8-18(9-13-23)22-10-6-16(2)7-11-22/h1,4-5,15-16,18H,6-14,21H2,2H3. The van der Waals surface area contributed by atoms with Crippen molar-refractivity contribution in [3.63, 3.8) is 0 Å². The van der Waals surface area contributed by atoms with E-state index in [9.17, 15) is 8.42 Å². The van der Waals surface area contributed by atoms with Gasteiger partial charge in [-0.05, 0) is 62.9 Å². The fourth-order valence-corrected chi connectivity index (χ4v) is 5.58. The Bertz CT molecular complexity index is 787. The van der Waals surface area contributed by atoms with E-state index in [4.69, 9.17) is 16.9 Å². The van der Waals surface area contributed by atoms with E-state index >= 15 is 0 Å². The summed E-state index contributed by atoms with van der Waals surface area (Å²) in [6.45, 7) is 5.60. The highest BCUT2D eigenvalue weighted by atomic mass is 32.2. The molecule has 0 aromatic heterocycles. The fraction of sp³-hybridized carbons (Fsp3) is 0.600. The summed E-state index contributed by atoms with van der Waals surface area (Å²) in [6, 6.07) is 5.12. The van der Waals surface area contributed by atoms with Crippen LogP contribution in [0.1, 0.15) is 32.6 Å². The van der Waals surface area contributed by atoms with E-state index in [2.05, 4.69) is 17.7 Å². The molecule has 2 aliphatic heterocycles. The monoisotopic (exact) mass is 391 g/mol. The number of benzene rings is 1. The van der Waals surface area contributed by atoms with Crippen LogP contribution >= 0.6 is 0 Å². The van der Waals surface area contributed by atoms with Gasteiger partial charge in [-0.25, -0.2) is 8.42 Å². The van der Waals surface area contributed by atoms with Crippen LogP contribution in [0.15, 0.2) is 23.1 Å². The van der Waals surface area contributed by atoms with Crippen LogP contribution in [-0.4, -0.2) is 56.5 Å². The van der Waals surface area contributed by atoms with E-state index in [0.717, 1.165) is 31.8 Å². The fourth-order valence-electron chi connectivity index (χ4n) is 3.95. The first kappa shape index (κ1) is 20.0. The highest BCUT2D eigenvalue weighted by molar-refractivity contribution is 7.89. The highest BCUT2D eigenvalue weighted by Crippen LogP contribution is 2.32. The van der Waals surface area contributed by atoms with Crippen molar-refractivity contribution in [2.24, 2.45) is 5.92 Å². The number of piperidine rings is 2. The summed E-state index contributed by atoms with van der Waals surface area (Å²) in [5.74, 6) is 3.42. The summed E-state index contributed by atoms with van der Waals surface area (Å²) in [6.07, 6.45) is 9.42. The van der Waals surface area contributed by atoms with Crippen LogP contribution in [0.25, 0.3) is 0 Å². The van der Waals surface area contributed by atoms with E-state index < -0.39 is 10.0 Å². The number of anilines is 1. The van der Waals surface area contributed by atoms with Gasteiger partial charge in [0.15, 0.2) is 0 Å². The van der Waals surface area contributed by atoms with Gasteiger partial charge in [-0.3, -0.25) is 0 Å². The Hall–Kier alpha value is -1.75. The van der Waals surface area contributed by atoms with Crippen molar-refractivity contribution < 1.29 is 13.2 Å². The molecule has 0 saturated carbocycles. The van der Waals surface area contributed by atoms with Crippen LogP contribution in [0, 0.1) is 18.3 Å². The van der Waals surface area contributed by atoms with Crippen LogP contribution in [-0.2, 0) is 10.0 Å². The molecule has 0 radical (unpaired) electrons. The third-order valence-electron chi connectivity index (χ3n) is 5.65. The Kier molecular flexibility index (Phi) is 6.30. The predicted molar refractivity (Wildman–Crippen MR) is 107 cm³/mol. The van der Waals surface area contributed by atoms with Crippen LogP contribution < -0.4 is 10.5 Å². The first-order chi connectivity index (χ1) is 12.9. The molecule has 1 aromatic carbocycles. The second-order valence-electron chi connectivity index (χ2n) is 7.55. The topological polar surface area (TPSA) is 75.9 Å². The molecule has 0 aliphatic carbocycles. The molecule has 2 saturated heterocycles. The molecule has 0 amide bonds. The zero-order chi connectivity index (χ0) is 19.4. The first-order valence-electron chi connectivity index (χ1n) is 9.62. The maximum Gasteiger partial charge on any atom is 0.246 e. The molecule has 2 aliphatic rings. The third kappa shape index (κ3) is 4.57. The molecular weight excluding hydrogens is 362 g/mol. The molecule has 2 fully saturated rings. The lowest BCUT2D eigenvalue weighted by Gasteiger charge is -2.41. The van der Waals surface area contributed by atoms with Crippen LogP contribution in [0.5, 0.6) is 5.75 Å². The lowest BCUT2D eigenvalue weighted by molar-refractivity contribution is 0.101. The number of nitrogen functional groups attached to an aromatic ring is 1. The van der Waals surface area contributed by atoms with Gasteiger partial charge in [0.25, 0.3) is 0 Å². The number of rotatable bonds is 5. The number of ether oxygens (including phenoxy) is 1. The summed E-state index contributed by atoms with van der Waals surface area (Å²) in [7, 11) is -3.67. The second kappa shape index (κ2) is 8.51. The Morgan fingerprint density at radius 2 is 1.85 bits per heavy atom. The summed E-state index contributed by atoms with van der Waals surface area (Å²) >= 11 is 0. The Morgan fingerprint density at radius 3 is 2.48 bits per heavy atom. The number of likely N-dealkylation sites (tertiary alicyclic amines) is 1. The van der Waals surface area contributed by atoms with E-state index in [1.807, 2.05) is 0 Å². The van der Waals surface area contributed by atoms with Gasteiger partial charge in [-0.15, -0.1) is 6.42 Å². The van der Waals surface area contributed by atoms with Gasteiger partial charge in [0.2, 0.25) is 10.0 Å². The number of sulfonamides is 1. The van der Waals surface area contributed by atoms with Crippen molar-refractivity contribution in [1.82, 2.24) is 9.21 Å². The second-order valence-corrected chi connectivity index (χ2v) is 9.46. The Labute approximate surface area is 162 Å². The number of nitrogens with zero attached hydrogens (tertiary/aromatic N) is 2. The van der Waals surface area contributed by atoms with Gasteiger partial charge in [-0.2, -0.15) is 4.31 Å². The average Bonchev–Trinajstić information content (AvgIpc) is 2.67. The highest BCUT2D eigenvalue weighted by Gasteiger charge is 2.34. The van der Waals surface area contributed by atoms with Gasteiger partial charge < -0.3 is 15.4 Å². The van der Waals surface area contributed by atoms with Crippen molar-refractivity contribution in [2.45, 2.75) is 43.5 Å². The number of nitrogens with two attached hydrogens (primary N) is 1. The lowest BCUT2D eigenvalue weighted by atomic mass is 9.95. The third-order valence-corrected chi connectivity index (χ3v) is 7.57. The van der Waals surface area contributed by atoms with Crippen molar-refractivity contribution in [3.05, 3.63) is 18.2 Å². The largest absolute Gasteiger partial charge is 0.480 e. The van der Waals surface area contributed by atoms with Gasteiger partial charge in [0.1, 0.15) is 17.3 Å². The molecule has 0 bridgehead atoms. The summed E-state index contributed by atoms with van der Waals surface area (Å²) in [5, 5.41) is 0. The maximum atomic E-state index is 13.2. The quantitative estimate of drug-likeness (QED) is 0.615. The van der Waals surface area contributed by atoms with Gasteiger partial charge in [-0.1, -0.05) is 12.8 Å². The molecule has 7 heteroatoms. The summed E-state index contributed by atoms with van der Waals surface area (Å²) in [5.41, 5.74) is 6.22. The maximum absolute atomic E-state index is 13.2. The SMILES string of the molecule is C#CCOc1ccc(N)cc1S(=O)(=O)N1CCC(N2CCC(C)CC2)CC1. The molecule has 2 N–H and O–H groups in total. The zero-order valence-electron chi connectivity index (χ0n) is 15.9. The smallest absolute Gasteiger partial charge is 0.246 e. The zero-order valence-corrected chi connectivity index (χ0v) is 16.7. The Morgan fingerprint density at radius 1 is 1.19 bits per heavy atom. The van der Waals surface area contributed by atoms with E-state index in [0.29, 0.717) is 24.8 Å². The molecule has 1 aromatic rings. The number of hydrogen-bond donors (Lipinski definition) is 1. The van der Waals surface area contributed by atoms with E-state index in [1.54, 1.807) is 16.4 Å². The van der Waals surface area contributed by atoms with Crippen LogP contribution in [0.4, 0.5) is 5.69 Å². The van der Waals surface area contributed by atoms with Crippen molar-refractivity contribution in [1.29, 1.82) is 0 Å². The van der Waals surface area contributed by atoms with Gasteiger partial charge in [0.05, 0.1) is 0 Å². The summed E-state index contributed by atoms with van der Waals surface area (Å²) < 4.78 is 33.3. The molecule has 0 unspecified atom stereocenters. The molecular formula is C20H29N3O3S. The minimum absolute atomic E-state index is 0.0158. The van der Waals surface area contributed by atoms with Crippen molar-refractivity contribution >= 4 is 15.7 Å². The van der Waals surface area contributed by atoms with Gasteiger partial charge >= 0.3 is 0 Å². The van der Waals surface area contributed by atoms with Crippen molar-refractivity contribution in [3.8, 4) is 18.1 Å². The number of hydrogen-bond acceptors (Lipinski definition) is 5. The number of terminal acetylenes is 1. The average molecular weight is 392 g/mol. The molecule has 0 spiro atoms. The van der Waals surface area contributed by atoms with Crippen LogP contribution in [0.3, 0.4) is 0 Å².